The van der Waals surface area contributed by atoms with Crippen LogP contribution in [0.2, 0.25) is 10.3 Å². The fraction of sp³-hybridized carbons (Fsp3) is 0.522. The Bertz CT molecular complexity index is 926. The molecular formula is C23H30Cl2N4O3S. The van der Waals surface area contributed by atoms with Crippen LogP contribution in [0.3, 0.4) is 0 Å². The SMILES string of the molecule is Cc1cc(Cl)nc(Cl)c1C(=O)NCC[C@@H](C)N1CCC(NC(C(=O)CO)c2ccsc2)CC1. The molecule has 1 aliphatic heterocycles. The molecular weight excluding hydrogens is 483 g/mol. The van der Waals surface area contributed by atoms with E-state index in [1.807, 2.05) is 16.8 Å². The maximum absolute atomic E-state index is 12.5. The van der Waals surface area contributed by atoms with E-state index >= 15 is 0 Å². The van der Waals surface area contributed by atoms with Crippen molar-refractivity contribution in [3.05, 3.63) is 49.9 Å². The number of hydrogen-bond donors (Lipinski definition) is 3. The Morgan fingerprint density at radius 1 is 1.33 bits per heavy atom. The number of carbonyl (C=O) groups is 2. The molecule has 3 N–H and O–H groups in total. The van der Waals surface area contributed by atoms with Crippen LogP contribution in [-0.2, 0) is 4.79 Å². The molecule has 2 aromatic heterocycles. The van der Waals surface area contributed by atoms with Gasteiger partial charge in [-0.15, -0.1) is 0 Å². The van der Waals surface area contributed by atoms with Gasteiger partial charge in [0.2, 0.25) is 0 Å². The molecule has 180 valence electrons. The van der Waals surface area contributed by atoms with Gasteiger partial charge in [-0.05, 0) is 80.2 Å². The Balaban J connectivity index is 1.44. The number of aliphatic hydroxyl groups excluding tert-OH is 1. The van der Waals surface area contributed by atoms with Gasteiger partial charge in [0.1, 0.15) is 16.9 Å². The van der Waals surface area contributed by atoms with Gasteiger partial charge >= 0.3 is 0 Å². The van der Waals surface area contributed by atoms with Gasteiger partial charge in [0, 0.05) is 18.6 Å². The maximum atomic E-state index is 12.5. The summed E-state index contributed by atoms with van der Waals surface area (Å²) in [6, 6.07) is 3.62. The Morgan fingerprint density at radius 2 is 2.06 bits per heavy atom. The average Bonchev–Trinajstić information content (AvgIpc) is 3.31. The quantitative estimate of drug-likeness (QED) is 0.420. The number of amides is 1. The summed E-state index contributed by atoms with van der Waals surface area (Å²) in [5.74, 6) is -0.448. The van der Waals surface area contributed by atoms with Gasteiger partial charge in [-0.25, -0.2) is 4.98 Å². The minimum atomic E-state index is -0.466. The van der Waals surface area contributed by atoms with E-state index in [9.17, 15) is 14.7 Å². The van der Waals surface area contributed by atoms with E-state index in [0.29, 0.717) is 23.7 Å². The molecule has 1 unspecified atom stereocenters. The molecule has 1 saturated heterocycles. The molecule has 0 aromatic carbocycles. The van der Waals surface area contributed by atoms with Crippen molar-refractivity contribution in [2.75, 3.05) is 26.2 Å². The zero-order valence-corrected chi connectivity index (χ0v) is 21.1. The second kappa shape index (κ2) is 12.2. The van der Waals surface area contributed by atoms with Crippen LogP contribution in [0.1, 0.15) is 53.7 Å². The third kappa shape index (κ3) is 6.97. The van der Waals surface area contributed by atoms with Crippen molar-refractivity contribution in [1.29, 1.82) is 0 Å². The Morgan fingerprint density at radius 3 is 2.67 bits per heavy atom. The van der Waals surface area contributed by atoms with Crippen molar-refractivity contribution in [3.8, 4) is 0 Å². The van der Waals surface area contributed by atoms with Crippen molar-refractivity contribution in [1.82, 2.24) is 20.5 Å². The van der Waals surface area contributed by atoms with Crippen LogP contribution in [0, 0.1) is 6.92 Å². The smallest absolute Gasteiger partial charge is 0.254 e. The van der Waals surface area contributed by atoms with Gasteiger partial charge in [-0.2, -0.15) is 11.3 Å². The Hall–Kier alpha value is -1.55. The van der Waals surface area contributed by atoms with Crippen molar-refractivity contribution in [2.45, 2.75) is 51.2 Å². The van der Waals surface area contributed by atoms with Crippen LogP contribution < -0.4 is 10.6 Å². The number of aliphatic hydroxyl groups is 1. The van der Waals surface area contributed by atoms with Crippen molar-refractivity contribution in [3.63, 3.8) is 0 Å². The number of aryl methyl sites for hydroxylation is 1. The highest BCUT2D eigenvalue weighted by Crippen LogP contribution is 2.23. The number of Topliss-reactive ketones (excluding diaryl/α,β-unsaturated/α-hetero) is 1. The predicted octanol–water partition coefficient (Wildman–Crippen LogP) is 3.62. The van der Waals surface area contributed by atoms with Crippen LogP contribution in [0.4, 0.5) is 0 Å². The number of carbonyl (C=O) groups excluding carboxylic acids is 2. The lowest BCUT2D eigenvalue weighted by atomic mass is 9.98. The summed E-state index contributed by atoms with van der Waals surface area (Å²) in [5.41, 5.74) is 1.97. The van der Waals surface area contributed by atoms with Gasteiger partial charge in [-0.3, -0.25) is 9.59 Å². The molecule has 10 heteroatoms. The van der Waals surface area contributed by atoms with Gasteiger partial charge in [0.25, 0.3) is 5.91 Å². The zero-order valence-electron chi connectivity index (χ0n) is 18.8. The van der Waals surface area contributed by atoms with Crippen molar-refractivity contribution >= 4 is 46.2 Å². The first-order valence-electron chi connectivity index (χ1n) is 11.1. The molecule has 7 nitrogen and oxygen atoms in total. The first-order valence-corrected chi connectivity index (χ1v) is 12.8. The summed E-state index contributed by atoms with van der Waals surface area (Å²) in [6.07, 6.45) is 2.64. The van der Waals surface area contributed by atoms with E-state index in [2.05, 4.69) is 27.4 Å². The number of nitrogens with one attached hydrogen (secondary N) is 2. The fourth-order valence-electron chi connectivity index (χ4n) is 4.18. The third-order valence-electron chi connectivity index (χ3n) is 6.13. The minimum absolute atomic E-state index is 0.112. The van der Waals surface area contributed by atoms with Gasteiger partial charge < -0.3 is 20.6 Å². The third-order valence-corrected chi connectivity index (χ3v) is 7.29. The monoisotopic (exact) mass is 512 g/mol. The number of aromatic nitrogens is 1. The van der Waals surface area contributed by atoms with E-state index in [1.165, 1.54) is 0 Å². The number of rotatable bonds is 10. The number of nitrogens with zero attached hydrogens (tertiary/aromatic N) is 2. The lowest BCUT2D eigenvalue weighted by Gasteiger charge is -2.37. The topological polar surface area (TPSA) is 94.6 Å². The van der Waals surface area contributed by atoms with Crippen LogP contribution in [0.5, 0.6) is 0 Å². The van der Waals surface area contributed by atoms with E-state index < -0.39 is 12.6 Å². The highest BCUT2D eigenvalue weighted by Gasteiger charge is 2.28. The second-order valence-electron chi connectivity index (χ2n) is 8.41. The normalized spacial score (nSPS) is 17.0. The molecule has 2 atom stereocenters. The molecule has 1 fully saturated rings. The van der Waals surface area contributed by atoms with Crippen molar-refractivity contribution in [2.24, 2.45) is 0 Å². The fourth-order valence-corrected chi connectivity index (χ4v) is 5.49. The number of pyridine rings is 1. The Labute approximate surface area is 208 Å². The molecule has 0 spiro atoms. The number of hydrogen-bond acceptors (Lipinski definition) is 7. The van der Waals surface area contributed by atoms with E-state index in [1.54, 1.807) is 24.3 Å². The number of ketones is 1. The van der Waals surface area contributed by atoms with Crippen LogP contribution >= 0.6 is 34.5 Å². The van der Waals surface area contributed by atoms with Crippen LogP contribution in [0.15, 0.2) is 22.9 Å². The molecule has 33 heavy (non-hydrogen) atoms. The van der Waals surface area contributed by atoms with E-state index in [0.717, 1.165) is 37.9 Å². The number of thiophene rings is 1. The molecule has 2 aromatic rings. The average molecular weight is 513 g/mol. The highest BCUT2D eigenvalue weighted by molar-refractivity contribution is 7.08. The number of likely N-dealkylation sites (tertiary alicyclic amines) is 1. The summed E-state index contributed by atoms with van der Waals surface area (Å²) in [5, 5.41) is 20.0. The van der Waals surface area contributed by atoms with Gasteiger partial charge in [0.15, 0.2) is 5.78 Å². The maximum Gasteiger partial charge on any atom is 0.254 e. The number of halogens is 2. The lowest BCUT2D eigenvalue weighted by Crippen LogP contribution is -2.48. The molecule has 1 amide bonds. The minimum Gasteiger partial charge on any atom is -0.389 e. The highest BCUT2D eigenvalue weighted by atomic mass is 35.5. The number of piperidine rings is 1. The van der Waals surface area contributed by atoms with Crippen LogP contribution in [-0.4, -0.2) is 65.0 Å². The van der Waals surface area contributed by atoms with Gasteiger partial charge in [0.05, 0.1) is 11.6 Å². The first kappa shape index (κ1) is 26.1. The first-order chi connectivity index (χ1) is 15.8. The molecule has 1 aliphatic rings. The van der Waals surface area contributed by atoms with Crippen LogP contribution in [0.25, 0.3) is 0 Å². The Kier molecular flexibility index (Phi) is 9.67. The summed E-state index contributed by atoms with van der Waals surface area (Å²) in [4.78, 5) is 31.1. The van der Waals surface area contributed by atoms with Gasteiger partial charge in [-0.1, -0.05) is 23.2 Å². The van der Waals surface area contributed by atoms with E-state index in [4.69, 9.17) is 23.2 Å². The summed E-state index contributed by atoms with van der Waals surface area (Å²) < 4.78 is 0. The predicted molar refractivity (Wildman–Crippen MR) is 132 cm³/mol. The van der Waals surface area contributed by atoms with Crippen molar-refractivity contribution < 1.29 is 14.7 Å². The molecule has 3 heterocycles. The largest absolute Gasteiger partial charge is 0.389 e. The standard InChI is InChI=1S/C23H30Cl2N4O3S/c1-14-11-19(24)28-22(25)20(14)23(32)26-7-3-15(2)29-8-4-17(5-9-29)27-21(18(31)12-30)16-6-10-33-13-16/h6,10-11,13,15,17,21,27,30H,3-5,7-9,12H2,1-2H3,(H,26,32)/t15-,21?/m1/s1. The second-order valence-corrected chi connectivity index (χ2v) is 9.94. The molecule has 0 radical (unpaired) electrons. The lowest BCUT2D eigenvalue weighted by molar-refractivity contribution is -0.124. The summed E-state index contributed by atoms with van der Waals surface area (Å²) >= 11 is 13.5. The van der Waals surface area contributed by atoms with E-state index in [-0.39, 0.29) is 28.0 Å². The zero-order chi connectivity index (χ0) is 24.0. The molecule has 3 rings (SSSR count). The molecule has 0 saturated carbocycles. The summed E-state index contributed by atoms with van der Waals surface area (Å²) in [6.45, 7) is 5.82. The molecule has 0 bridgehead atoms. The molecule has 0 aliphatic carbocycles. The summed E-state index contributed by atoms with van der Waals surface area (Å²) in [7, 11) is 0.